The van der Waals surface area contributed by atoms with Gasteiger partial charge in [0.15, 0.2) is 0 Å². The van der Waals surface area contributed by atoms with E-state index in [1.165, 1.54) is 7.11 Å². The van der Waals surface area contributed by atoms with Gasteiger partial charge < -0.3 is 24.0 Å². The number of piperazine rings is 1. The minimum absolute atomic E-state index is 0.0561. The van der Waals surface area contributed by atoms with E-state index in [0.29, 0.717) is 61.2 Å². The first kappa shape index (κ1) is 21.2. The van der Waals surface area contributed by atoms with Crippen LogP contribution in [0.3, 0.4) is 0 Å². The molecule has 0 saturated carbocycles. The fraction of sp³-hybridized carbons (Fsp3) is 0.304. The molecule has 1 heterocycles. The first-order valence-corrected chi connectivity index (χ1v) is 9.71. The molecule has 0 aromatic heterocycles. The molecule has 2 aromatic carbocycles. The van der Waals surface area contributed by atoms with Crippen LogP contribution in [0.25, 0.3) is 0 Å². The summed E-state index contributed by atoms with van der Waals surface area (Å²) in [5.74, 6) is 1.61. The van der Waals surface area contributed by atoms with Gasteiger partial charge in [0.1, 0.15) is 23.9 Å². The molecule has 7 heteroatoms. The highest BCUT2D eigenvalue weighted by atomic mass is 16.5. The summed E-state index contributed by atoms with van der Waals surface area (Å²) in [6.45, 7) is 5.89. The summed E-state index contributed by atoms with van der Waals surface area (Å²) in [5.41, 5.74) is 1.07. The van der Waals surface area contributed by atoms with Crippen LogP contribution in [0.5, 0.6) is 17.2 Å². The number of amides is 2. The van der Waals surface area contributed by atoms with Crippen LogP contribution in [0, 0.1) is 0 Å². The smallest absolute Gasteiger partial charge is 0.257 e. The lowest BCUT2D eigenvalue weighted by Crippen LogP contribution is -2.50. The van der Waals surface area contributed by atoms with Gasteiger partial charge in [-0.3, -0.25) is 9.59 Å². The van der Waals surface area contributed by atoms with Crippen molar-refractivity contribution in [2.75, 3.05) is 47.0 Å². The molecule has 0 radical (unpaired) electrons. The molecule has 0 aliphatic carbocycles. The second-order valence-electron chi connectivity index (χ2n) is 6.77. The maximum Gasteiger partial charge on any atom is 0.257 e. The number of methoxy groups -OCH3 is 2. The van der Waals surface area contributed by atoms with Gasteiger partial charge >= 0.3 is 0 Å². The summed E-state index contributed by atoms with van der Waals surface area (Å²) in [5, 5.41) is 0. The van der Waals surface area contributed by atoms with Crippen molar-refractivity contribution in [3.05, 3.63) is 66.2 Å². The maximum absolute atomic E-state index is 12.9. The van der Waals surface area contributed by atoms with E-state index in [4.69, 9.17) is 14.2 Å². The Bertz CT molecular complexity index is 902. The minimum atomic E-state index is -0.120. The third-order valence-corrected chi connectivity index (χ3v) is 4.96. The van der Waals surface area contributed by atoms with E-state index in [0.717, 1.165) is 0 Å². The summed E-state index contributed by atoms with van der Waals surface area (Å²) in [6, 6.07) is 12.2. The predicted molar refractivity (Wildman–Crippen MR) is 113 cm³/mol. The van der Waals surface area contributed by atoms with Gasteiger partial charge in [0.2, 0.25) is 0 Å². The number of ether oxygens (including phenoxy) is 3. The summed E-state index contributed by atoms with van der Waals surface area (Å²) in [4.78, 5) is 29.2. The number of nitrogens with zero attached hydrogens (tertiary/aromatic N) is 2. The van der Waals surface area contributed by atoms with Gasteiger partial charge in [-0.05, 0) is 36.4 Å². The van der Waals surface area contributed by atoms with Gasteiger partial charge in [0.05, 0.1) is 19.8 Å². The molecule has 30 heavy (non-hydrogen) atoms. The monoisotopic (exact) mass is 410 g/mol. The van der Waals surface area contributed by atoms with Crippen molar-refractivity contribution in [2.45, 2.75) is 0 Å². The Morgan fingerprint density at radius 3 is 2.07 bits per heavy atom. The fourth-order valence-electron chi connectivity index (χ4n) is 3.29. The Morgan fingerprint density at radius 2 is 1.50 bits per heavy atom. The average Bonchev–Trinajstić information content (AvgIpc) is 2.81. The normalized spacial score (nSPS) is 13.5. The SMILES string of the molecule is C=CCOc1ccc(C(=O)N2CCN(C(=O)c3ccc(OC)cc3OC)CC2)cc1. The van der Waals surface area contributed by atoms with Crippen molar-refractivity contribution in [1.82, 2.24) is 9.80 Å². The summed E-state index contributed by atoms with van der Waals surface area (Å²) >= 11 is 0. The summed E-state index contributed by atoms with van der Waals surface area (Å²) in [6.07, 6.45) is 1.67. The quantitative estimate of drug-likeness (QED) is 0.657. The van der Waals surface area contributed by atoms with Crippen molar-refractivity contribution >= 4 is 11.8 Å². The molecule has 1 aliphatic rings. The van der Waals surface area contributed by atoms with E-state index in [-0.39, 0.29) is 11.8 Å². The third-order valence-electron chi connectivity index (χ3n) is 4.96. The molecule has 1 aliphatic heterocycles. The number of hydrogen-bond donors (Lipinski definition) is 0. The van der Waals surface area contributed by atoms with Crippen LogP contribution in [0.2, 0.25) is 0 Å². The molecule has 0 bridgehead atoms. The molecule has 0 unspecified atom stereocenters. The standard InChI is InChI=1S/C23H26N2O5/c1-4-15-30-18-7-5-17(6-8-18)22(26)24-11-13-25(14-12-24)23(27)20-10-9-19(28-2)16-21(20)29-3/h4-10,16H,1,11-15H2,2-3H3. The zero-order valence-corrected chi connectivity index (χ0v) is 17.3. The van der Waals surface area contributed by atoms with E-state index in [9.17, 15) is 9.59 Å². The lowest BCUT2D eigenvalue weighted by molar-refractivity contribution is 0.0533. The highest BCUT2D eigenvalue weighted by molar-refractivity contribution is 5.98. The van der Waals surface area contributed by atoms with Crippen LogP contribution in [0.15, 0.2) is 55.1 Å². The summed E-state index contributed by atoms with van der Waals surface area (Å²) < 4.78 is 16.0. The molecule has 1 fully saturated rings. The average molecular weight is 410 g/mol. The zero-order valence-electron chi connectivity index (χ0n) is 17.3. The van der Waals surface area contributed by atoms with Crippen molar-refractivity contribution in [2.24, 2.45) is 0 Å². The second kappa shape index (κ2) is 9.82. The lowest BCUT2D eigenvalue weighted by atomic mass is 10.1. The Labute approximate surface area is 176 Å². The van der Waals surface area contributed by atoms with Crippen LogP contribution in [-0.4, -0.2) is 68.6 Å². The van der Waals surface area contributed by atoms with Crippen LogP contribution in [-0.2, 0) is 0 Å². The maximum atomic E-state index is 12.9. The van der Waals surface area contributed by atoms with Crippen molar-refractivity contribution in [3.63, 3.8) is 0 Å². The van der Waals surface area contributed by atoms with Gasteiger partial charge in [0.25, 0.3) is 11.8 Å². The van der Waals surface area contributed by atoms with Gasteiger partial charge in [-0.15, -0.1) is 0 Å². The number of carbonyl (C=O) groups excluding carboxylic acids is 2. The van der Waals surface area contributed by atoms with E-state index in [2.05, 4.69) is 6.58 Å². The van der Waals surface area contributed by atoms with Crippen molar-refractivity contribution < 1.29 is 23.8 Å². The first-order valence-electron chi connectivity index (χ1n) is 9.71. The molecule has 7 nitrogen and oxygen atoms in total. The van der Waals surface area contributed by atoms with Crippen LogP contribution in [0.4, 0.5) is 0 Å². The molecule has 2 amide bonds. The van der Waals surface area contributed by atoms with Gasteiger partial charge in [0, 0.05) is 37.8 Å². The van der Waals surface area contributed by atoms with Crippen molar-refractivity contribution in [3.8, 4) is 17.2 Å². The number of rotatable bonds is 7. The molecular formula is C23H26N2O5. The molecule has 1 saturated heterocycles. The molecule has 3 rings (SSSR count). The van der Waals surface area contributed by atoms with Gasteiger partial charge in [-0.2, -0.15) is 0 Å². The van der Waals surface area contributed by atoms with Gasteiger partial charge in [-0.25, -0.2) is 0 Å². The second-order valence-corrected chi connectivity index (χ2v) is 6.77. The number of carbonyl (C=O) groups is 2. The van der Waals surface area contributed by atoms with Gasteiger partial charge in [-0.1, -0.05) is 12.7 Å². The van der Waals surface area contributed by atoms with E-state index >= 15 is 0 Å². The van der Waals surface area contributed by atoms with E-state index in [1.54, 1.807) is 65.5 Å². The molecule has 0 atom stereocenters. The van der Waals surface area contributed by atoms with E-state index in [1.807, 2.05) is 0 Å². The minimum Gasteiger partial charge on any atom is -0.497 e. The third kappa shape index (κ3) is 4.74. The topological polar surface area (TPSA) is 68.3 Å². The molecule has 158 valence electrons. The van der Waals surface area contributed by atoms with Crippen LogP contribution < -0.4 is 14.2 Å². The highest BCUT2D eigenvalue weighted by Gasteiger charge is 2.27. The molecule has 2 aromatic rings. The Hall–Kier alpha value is -3.48. The lowest BCUT2D eigenvalue weighted by Gasteiger charge is -2.35. The van der Waals surface area contributed by atoms with Crippen LogP contribution >= 0.6 is 0 Å². The van der Waals surface area contributed by atoms with E-state index < -0.39 is 0 Å². The highest BCUT2D eigenvalue weighted by Crippen LogP contribution is 2.26. The molecular weight excluding hydrogens is 384 g/mol. The Balaban J connectivity index is 1.61. The molecule has 0 N–H and O–H groups in total. The van der Waals surface area contributed by atoms with Crippen LogP contribution in [0.1, 0.15) is 20.7 Å². The molecule has 0 spiro atoms. The zero-order chi connectivity index (χ0) is 21.5. The Morgan fingerprint density at radius 1 is 0.900 bits per heavy atom. The predicted octanol–water partition coefficient (Wildman–Crippen LogP) is 2.87. The Kier molecular flexibility index (Phi) is 6.95. The number of benzene rings is 2. The largest absolute Gasteiger partial charge is 0.497 e. The number of hydrogen-bond acceptors (Lipinski definition) is 5. The first-order chi connectivity index (χ1) is 14.6. The fourth-order valence-corrected chi connectivity index (χ4v) is 3.29. The summed E-state index contributed by atoms with van der Waals surface area (Å²) in [7, 11) is 3.09. The van der Waals surface area contributed by atoms with Crippen molar-refractivity contribution in [1.29, 1.82) is 0 Å².